The summed E-state index contributed by atoms with van der Waals surface area (Å²) in [4.78, 5) is 26.5. The third kappa shape index (κ3) is 6.39. The fraction of sp³-hybridized carbons (Fsp3) is 0.333. The number of carbonyl (C=O) groups is 1. The lowest BCUT2D eigenvalue weighted by Gasteiger charge is -2.30. The Labute approximate surface area is 209 Å². The molecule has 0 unspecified atom stereocenters. The minimum atomic E-state index is -3.39. The zero-order chi connectivity index (χ0) is 25.9. The van der Waals surface area contributed by atoms with Crippen molar-refractivity contribution in [1.82, 2.24) is 9.97 Å². The van der Waals surface area contributed by atoms with Gasteiger partial charge >= 0.3 is 0 Å². The van der Waals surface area contributed by atoms with E-state index in [-0.39, 0.29) is 23.9 Å². The minimum Gasteiger partial charge on any atom is -0.370 e. The van der Waals surface area contributed by atoms with Crippen LogP contribution in [-0.4, -0.2) is 48.6 Å². The topological polar surface area (TPSA) is 177 Å². The highest BCUT2D eigenvalue weighted by Gasteiger charge is 2.26. The van der Waals surface area contributed by atoms with E-state index in [2.05, 4.69) is 30.3 Å². The van der Waals surface area contributed by atoms with Gasteiger partial charge in [-0.25, -0.2) is 23.4 Å². The van der Waals surface area contributed by atoms with Crippen LogP contribution in [0.1, 0.15) is 41.9 Å². The van der Waals surface area contributed by atoms with Gasteiger partial charge in [-0.3, -0.25) is 9.52 Å². The van der Waals surface area contributed by atoms with Crippen LogP contribution in [0, 0.1) is 6.92 Å². The lowest BCUT2D eigenvalue weighted by Crippen LogP contribution is -2.38. The van der Waals surface area contributed by atoms with E-state index in [1.54, 1.807) is 24.3 Å². The molecule has 0 aliphatic heterocycles. The summed E-state index contributed by atoms with van der Waals surface area (Å²) in [6, 6.07) is 11.9. The number of nitrogens with zero attached hydrogens (tertiary/aromatic N) is 3. The molecule has 190 valence electrons. The smallest absolute Gasteiger partial charge is 0.293 e. The molecule has 1 aliphatic carbocycles. The second kappa shape index (κ2) is 10.4. The van der Waals surface area contributed by atoms with Crippen LogP contribution in [0.2, 0.25) is 0 Å². The van der Waals surface area contributed by atoms with Crippen molar-refractivity contribution in [3.8, 4) is 0 Å². The quantitative estimate of drug-likeness (QED) is 0.238. The van der Waals surface area contributed by atoms with Gasteiger partial charge in [-0.2, -0.15) is 0 Å². The van der Waals surface area contributed by atoms with Crippen LogP contribution in [0.15, 0.2) is 47.5 Å². The summed E-state index contributed by atoms with van der Waals surface area (Å²) in [5, 5.41) is 7.05. The largest absolute Gasteiger partial charge is 0.370 e. The first-order valence-corrected chi connectivity index (χ1v) is 13.5. The molecule has 0 radical (unpaired) electrons. The van der Waals surface area contributed by atoms with Crippen LogP contribution < -0.4 is 26.8 Å². The van der Waals surface area contributed by atoms with Gasteiger partial charge in [0.1, 0.15) is 5.82 Å². The van der Waals surface area contributed by atoms with Gasteiger partial charge in [-0.15, -0.1) is 0 Å². The Bertz CT molecular complexity index is 1400. The fourth-order valence-corrected chi connectivity index (χ4v) is 4.84. The third-order valence-corrected chi connectivity index (χ3v) is 6.47. The van der Waals surface area contributed by atoms with Gasteiger partial charge in [0.15, 0.2) is 5.96 Å². The molecule has 1 aliphatic rings. The predicted octanol–water partition coefficient (Wildman–Crippen LogP) is 2.56. The van der Waals surface area contributed by atoms with E-state index >= 15 is 0 Å². The SMILES string of the molecule is Cc1ccc2nc(C(=O)Nc3ccc(NS(C)(=O)=O)cc3)nc(N[C@H]3CCCC[C@H]3N=C(N)N)c2c1. The molecule has 1 amide bonds. The van der Waals surface area contributed by atoms with Gasteiger partial charge in [-0.1, -0.05) is 24.5 Å². The molecule has 1 aromatic heterocycles. The molecule has 4 rings (SSSR count). The second-order valence-corrected chi connectivity index (χ2v) is 10.7. The number of benzene rings is 2. The highest BCUT2D eigenvalue weighted by molar-refractivity contribution is 7.92. The molecule has 1 saturated carbocycles. The molecule has 2 atom stereocenters. The number of guanidine groups is 1. The van der Waals surface area contributed by atoms with Gasteiger partial charge in [0.2, 0.25) is 15.8 Å². The highest BCUT2D eigenvalue weighted by atomic mass is 32.2. The van der Waals surface area contributed by atoms with Crippen molar-refractivity contribution in [2.24, 2.45) is 16.5 Å². The maximum absolute atomic E-state index is 13.1. The molecule has 3 aromatic rings. The molecule has 1 fully saturated rings. The number of carbonyl (C=O) groups excluding carboxylic acids is 1. The number of hydrogen-bond donors (Lipinski definition) is 5. The Balaban J connectivity index is 1.62. The molecule has 1 heterocycles. The van der Waals surface area contributed by atoms with E-state index in [4.69, 9.17) is 11.5 Å². The molecule has 12 heteroatoms. The van der Waals surface area contributed by atoms with Gasteiger partial charge < -0.3 is 22.1 Å². The van der Waals surface area contributed by atoms with Crippen molar-refractivity contribution in [2.75, 3.05) is 21.6 Å². The Morgan fingerprint density at radius 2 is 1.72 bits per heavy atom. The summed E-state index contributed by atoms with van der Waals surface area (Å²) in [5.74, 6) is 0.106. The number of aliphatic imine (C=N–C) groups is 1. The first kappa shape index (κ1) is 25.2. The number of aromatic nitrogens is 2. The number of hydrogen-bond acceptors (Lipinski definition) is 7. The zero-order valence-electron chi connectivity index (χ0n) is 20.2. The van der Waals surface area contributed by atoms with E-state index in [1.807, 2.05) is 25.1 Å². The van der Waals surface area contributed by atoms with Crippen molar-refractivity contribution < 1.29 is 13.2 Å². The maximum atomic E-state index is 13.1. The molecule has 11 nitrogen and oxygen atoms in total. The molecule has 0 spiro atoms. The summed E-state index contributed by atoms with van der Waals surface area (Å²) in [6.07, 6.45) is 4.87. The van der Waals surface area contributed by atoms with Crippen LogP contribution >= 0.6 is 0 Å². The number of fused-ring (bicyclic) bond motifs is 1. The van der Waals surface area contributed by atoms with E-state index in [9.17, 15) is 13.2 Å². The third-order valence-electron chi connectivity index (χ3n) is 5.87. The molecular weight excluding hydrogens is 480 g/mol. The first-order chi connectivity index (χ1) is 17.1. The number of nitrogens with one attached hydrogen (secondary N) is 3. The van der Waals surface area contributed by atoms with E-state index in [0.29, 0.717) is 22.7 Å². The Hall–Kier alpha value is -3.93. The zero-order valence-corrected chi connectivity index (χ0v) is 21.0. The highest BCUT2D eigenvalue weighted by Crippen LogP contribution is 2.28. The second-order valence-electron chi connectivity index (χ2n) is 8.98. The van der Waals surface area contributed by atoms with Crippen LogP contribution in [0.5, 0.6) is 0 Å². The molecule has 0 saturated heterocycles. The Morgan fingerprint density at radius 3 is 2.42 bits per heavy atom. The number of sulfonamides is 1. The van der Waals surface area contributed by atoms with Gasteiger partial charge in [0.05, 0.1) is 23.9 Å². The van der Waals surface area contributed by atoms with Crippen LogP contribution in [0.25, 0.3) is 10.9 Å². The summed E-state index contributed by atoms with van der Waals surface area (Å²) in [5.41, 5.74) is 13.8. The first-order valence-electron chi connectivity index (χ1n) is 11.6. The molecule has 0 bridgehead atoms. The average molecular weight is 511 g/mol. The van der Waals surface area contributed by atoms with Crippen molar-refractivity contribution in [1.29, 1.82) is 0 Å². The number of nitrogens with two attached hydrogens (primary N) is 2. The molecule has 36 heavy (non-hydrogen) atoms. The molecular formula is C24H30N8O3S. The lowest BCUT2D eigenvalue weighted by atomic mass is 9.90. The summed E-state index contributed by atoms with van der Waals surface area (Å²) < 4.78 is 25.2. The Morgan fingerprint density at radius 1 is 1.03 bits per heavy atom. The van der Waals surface area contributed by atoms with Gasteiger partial charge in [0.25, 0.3) is 5.91 Å². The summed E-state index contributed by atoms with van der Waals surface area (Å²) in [6.45, 7) is 1.98. The minimum absolute atomic E-state index is 0.00129. The summed E-state index contributed by atoms with van der Waals surface area (Å²) in [7, 11) is -3.39. The number of anilines is 3. The van der Waals surface area contributed by atoms with Gasteiger partial charge in [0, 0.05) is 16.8 Å². The molecule has 7 N–H and O–H groups in total. The van der Waals surface area contributed by atoms with Gasteiger partial charge in [-0.05, 0) is 56.2 Å². The summed E-state index contributed by atoms with van der Waals surface area (Å²) >= 11 is 0. The van der Waals surface area contributed by atoms with Crippen molar-refractivity contribution in [3.63, 3.8) is 0 Å². The van der Waals surface area contributed by atoms with E-state index in [0.717, 1.165) is 42.9 Å². The monoisotopic (exact) mass is 510 g/mol. The number of amides is 1. The standard InChI is InChI=1S/C24H30N8O3S/c1-14-7-12-18-17(13-14)21(29-19-5-3-4-6-20(19)30-24(25)26)31-22(28-18)23(33)27-15-8-10-16(11-9-15)32-36(2,34)35/h7-13,19-20,32H,3-6H2,1-2H3,(H,27,33)(H4,25,26,30)(H,28,29,31)/t19-,20+/m0/s1. The van der Waals surface area contributed by atoms with Crippen LogP contribution in [0.3, 0.4) is 0 Å². The number of aryl methyl sites for hydroxylation is 1. The normalized spacial score (nSPS) is 17.8. The van der Waals surface area contributed by atoms with Crippen molar-refractivity contribution >= 4 is 50.0 Å². The molecule has 2 aromatic carbocycles. The lowest BCUT2D eigenvalue weighted by molar-refractivity contribution is 0.101. The van der Waals surface area contributed by atoms with E-state index < -0.39 is 15.9 Å². The Kier molecular flexibility index (Phi) is 7.25. The van der Waals surface area contributed by atoms with E-state index in [1.165, 1.54) is 0 Å². The van der Waals surface area contributed by atoms with Crippen molar-refractivity contribution in [2.45, 2.75) is 44.7 Å². The number of rotatable bonds is 7. The fourth-order valence-electron chi connectivity index (χ4n) is 4.28. The average Bonchev–Trinajstić information content (AvgIpc) is 2.80. The van der Waals surface area contributed by atoms with Crippen LogP contribution in [0.4, 0.5) is 17.2 Å². The van der Waals surface area contributed by atoms with Crippen molar-refractivity contribution in [3.05, 3.63) is 53.9 Å². The maximum Gasteiger partial charge on any atom is 0.293 e. The predicted molar refractivity (Wildman–Crippen MR) is 143 cm³/mol. The van der Waals surface area contributed by atoms with Crippen LogP contribution in [-0.2, 0) is 10.0 Å².